The van der Waals surface area contributed by atoms with Crippen molar-refractivity contribution in [1.82, 2.24) is 0 Å². The van der Waals surface area contributed by atoms with Crippen LogP contribution < -0.4 is 5.32 Å². The summed E-state index contributed by atoms with van der Waals surface area (Å²) in [6.45, 7) is 0. The van der Waals surface area contributed by atoms with Crippen LogP contribution in [0.3, 0.4) is 0 Å². The molecule has 0 saturated heterocycles. The summed E-state index contributed by atoms with van der Waals surface area (Å²) >= 11 is 3.42. The molecule has 7 heteroatoms. The first kappa shape index (κ1) is 13.3. The zero-order valence-corrected chi connectivity index (χ0v) is 11.6. The summed E-state index contributed by atoms with van der Waals surface area (Å²) in [4.78, 5) is 11.7. The maximum absolute atomic E-state index is 12.9. The Morgan fingerprint density at radius 3 is 2.28 bits per heavy atom. The van der Waals surface area contributed by atoms with E-state index in [0.717, 1.165) is 15.0 Å². The molecule has 1 N–H and O–H groups in total. The molecule has 0 aliphatic carbocycles. The maximum atomic E-state index is 12.9. The van der Waals surface area contributed by atoms with Crippen molar-refractivity contribution >= 4 is 45.5 Å². The molecule has 1 aromatic heterocycles. The van der Waals surface area contributed by atoms with Crippen LogP contribution in [0.5, 0.6) is 0 Å². The van der Waals surface area contributed by atoms with Gasteiger partial charge in [-0.2, -0.15) is 0 Å². The third kappa shape index (κ3) is 2.83. The molecule has 0 unspecified atom stereocenters. The van der Waals surface area contributed by atoms with Crippen LogP contribution in [-0.2, 0) is 0 Å². The van der Waals surface area contributed by atoms with E-state index >= 15 is 0 Å². The summed E-state index contributed by atoms with van der Waals surface area (Å²) in [6.07, 6.45) is 0. The first-order valence-electron chi connectivity index (χ1n) is 4.67. The van der Waals surface area contributed by atoms with Gasteiger partial charge in [0.05, 0.1) is 8.45 Å². The Morgan fingerprint density at radius 1 is 1.17 bits per heavy atom. The first-order chi connectivity index (χ1) is 8.47. The van der Waals surface area contributed by atoms with Gasteiger partial charge < -0.3 is 5.32 Å². The molecule has 94 valence electrons. The fourth-order valence-corrected chi connectivity index (χ4v) is 2.59. The van der Waals surface area contributed by atoms with Crippen molar-refractivity contribution in [1.29, 1.82) is 0 Å². The molecule has 2 rings (SSSR count). The number of hydrogen-bond acceptors (Lipinski definition) is 2. The average Bonchev–Trinajstić information content (AvgIpc) is 2.72. The second kappa shape index (κ2) is 5.27. The van der Waals surface area contributed by atoms with Gasteiger partial charge in [-0.15, -0.1) is 11.3 Å². The highest BCUT2D eigenvalue weighted by molar-refractivity contribution is 14.1. The average molecular weight is 383 g/mol. The lowest BCUT2D eigenvalue weighted by molar-refractivity contribution is 0.102. The van der Waals surface area contributed by atoms with Gasteiger partial charge in [-0.1, -0.05) is 0 Å². The fraction of sp³-hybridized carbons (Fsp3) is 0. The number of halogens is 4. The molecule has 1 heterocycles. The first-order valence-corrected chi connectivity index (χ1v) is 6.63. The molecule has 0 fully saturated rings. The van der Waals surface area contributed by atoms with E-state index in [-0.39, 0.29) is 5.69 Å². The SMILES string of the molecule is O=C(Nc1cc(F)c(F)c(F)c1)c1csc(I)c1. The Bertz CT molecular complexity index is 591. The largest absolute Gasteiger partial charge is 0.322 e. The van der Waals surface area contributed by atoms with Crippen molar-refractivity contribution in [3.05, 3.63) is 49.5 Å². The van der Waals surface area contributed by atoms with Crippen LogP contribution in [0.2, 0.25) is 0 Å². The number of benzene rings is 1. The fourth-order valence-electron chi connectivity index (χ4n) is 1.26. The summed E-state index contributed by atoms with van der Waals surface area (Å²) in [5, 5.41) is 3.92. The highest BCUT2D eigenvalue weighted by atomic mass is 127. The molecule has 0 spiro atoms. The Morgan fingerprint density at radius 2 is 1.78 bits per heavy atom. The lowest BCUT2D eigenvalue weighted by atomic mass is 10.2. The van der Waals surface area contributed by atoms with Gasteiger partial charge in [-0.25, -0.2) is 13.2 Å². The molecule has 0 aliphatic heterocycles. The molecule has 0 saturated carbocycles. The van der Waals surface area contributed by atoms with Gasteiger partial charge in [-0.05, 0) is 28.7 Å². The van der Waals surface area contributed by atoms with Crippen molar-refractivity contribution < 1.29 is 18.0 Å². The number of hydrogen-bond donors (Lipinski definition) is 1. The van der Waals surface area contributed by atoms with Gasteiger partial charge in [0.25, 0.3) is 5.91 Å². The highest BCUT2D eigenvalue weighted by Crippen LogP contribution is 2.20. The molecule has 2 aromatic rings. The predicted molar refractivity (Wildman–Crippen MR) is 71.3 cm³/mol. The van der Waals surface area contributed by atoms with Crippen molar-refractivity contribution in [3.63, 3.8) is 0 Å². The van der Waals surface area contributed by atoms with Crippen molar-refractivity contribution in [3.8, 4) is 0 Å². The Hall–Kier alpha value is -1.09. The third-order valence-electron chi connectivity index (χ3n) is 2.07. The number of nitrogens with one attached hydrogen (secondary N) is 1. The molecule has 0 bridgehead atoms. The number of amides is 1. The summed E-state index contributed by atoms with van der Waals surface area (Å²) < 4.78 is 39.5. The van der Waals surface area contributed by atoms with Crippen LogP contribution >= 0.6 is 33.9 Å². The van der Waals surface area contributed by atoms with E-state index in [2.05, 4.69) is 5.32 Å². The summed E-state index contributed by atoms with van der Waals surface area (Å²) in [5.74, 6) is -4.74. The molecular weight excluding hydrogens is 378 g/mol. The van der Waals surface area contributed by atoms with E-state index in [1.807, 2.05) is 22.6 Å². The molecule has 0 radical (unpaired) electrons. The van der Waals surface area contributed by atoms with E-state index in [1.54, 1.807) is 11.4 Å². The molecule has 1 aromatic carbocycles. The number of carbonyl (C=O) groups excluding carboxylic acids is 1. The van der Waals surface area contributed by atoms with E-state index in [4.69, 9.17) is 0 Å². The molecule has 0 aliphatic rings. The minimum atomic E-state index is -1.56. The van der Waals surface area contributed by atoms with E-state index in [9.17, 15) is 18.0 Å². The minimum Gasteiger partial charge on any atom is -0.322 e. The second-order valence-corrected chi connectivity index (χ2v) is 6.15. The minimum absolute atomic E-state index is 0.127. The number of thiophene rings is 1. The molecule has 2 nitrogen and oxygen atoms in total. The highest BCUT2D eigenvalue weighted by Gasteiger charge is 2.13. The Kier molecular flexibility index (Phi) is 3.91. The van der Waals surface area contributed by atoms with Crippen LogP contribution in [0.15, 0.2) is 23.6 Å². The van der Waals surface area contributed by atoms with Crippen LogP contribution in [0.25, 0.3) is 0 Å². The lowest BCUT2D eigenvalue weighted by Gasteiger charge is -2.05. The molecular formula is C11H5F3INOS. The van der Waals surface area contributed by atoms with Gasteiger partial charge in [0.15, 0.2) is 17.5 Å². The van der Waals surface area contributed by atoms with Crippen molar-refractivity contribution in [2.75, 3.05) is 5.32 Å². The smallest absolute Gasteiger partial charge is 0.256 e. The van der Waals surface area contributed by atoms with Gasteiger partial charge in [-0.3, -0.25) is 4.79 Å². The molecule has 18 heavy (non-hydrogen) atoms. The monoisotopic (exact) mass is 383 g/mol. The Labute approximate surface area is 118 Å². The topological polar surface area (TPSA) is 29.1 Å². The van der Waals surface area contributed by atoms with Crippen LogP contribution in [0, 0.1) is 20.3 Å². The van der Waals surface area contributed by atoms with Crippen LogP contribution in [0.4, 0.5) is 18.9 Å². The van der Waals surface area contributed by atoms with E-state index < -0.39 is 23.4 Å². The normalized spacial score (nSPS) is 10.4. The third-order valence-corrected chi connectivity index (χ3v) is 3.86. The summed E-state index contributed by atoms with van der Waals surface area (Å²) in [6, 6.07) is 3.10. The quantitative estimate of drug-likeness (QED) is 0.616. The van der Waals surface area contributed by atoms with Crippen LogP contribution in [-0.4, -0.2) is 5.91 Å². The summed E-state index contributed by atoms with van der Waals surface area (Å²) in [7, 11) is 0. The maximum Gasteiger partial charge on any atom is 0.256 e. The standard InChI is InChI=1S/C11H5F3INOS/c12-7-2-6(3-8(13)10(7)14)16-11(17)5-1-9(15)18-4-5/h1-4H,(H,16,17). The van der Waals surface area contributed by atoms with Crippen molar-refractivity contribution in [2.45, 2.75) is 0 Å². The number of anilines is 1. The zero-order valence-electron chi connectivity index (χ0n) is 8.64. The second-order valence-electron chi connectivity index (χ2n) is 3.35. The van der Waals surface area contributed by atoms with Crippen molar-refractivity contribution in [2.24, 2.45) is 0 Å². The Balaban J connectivity index is 2.22. The van der Waals surface area contributed by atoms with Gasteiger partial charge in [0.1, 0.15) is 0 Å². The van der Waals surface area contributed by atoms with Gasteiger partial charge in [0, 0.05) is 23.2 Å². The molecule has 1 amide bonds. The van der Waals surface area contributed by atoms with E-state index in [1.165, 1.54) is 11.3 Å². The number of rotatable bonds is 2. The van der Waals surface area contributed by atoms with Crippen LogP contribution in [0.1, 0.15) is 10.4 Å². The van der Waals surface area contributed by atoms with E-state index in [0.29, 0.717) is 5.56 Å². The van der Waals surface area contributed by atoms with Gasteiger partial charge >= 0.3 is 0 Å². The predicted octanol–water partition coefficient (Wildman–Crippen LogP) is 4.02. The van der Waals surface area contributed by atoms with Gasteiger partial charge in [0.2, 0.25) is 0 Å². The zero-order chi connectivity index (χ0) is 13.3. The number of carbonyl (C=O) groups is 1. The summed E-state index contributed by atoms with van der Waals surface area (Å²) in [5.41, 5.74) is 0.257. The molecule has 0 atom stereocenters. The lowest BCUT2D eigenvalue weighted by Crippen LogP contribution is -2.11.